The zero-order chi connectivity index (χ0) is 29.5. The van der Waals surface area contributed by atoms with Gasteiger partial charge in [0.2, 0.25) is 5.56 Å². The second kappa shape index (κ2) is 10.7. The molecular formula is C27H26F5N5O3. The van der Waals surface area contributed by atoms with Crippen molar-refractivity contribution in [1.29, 1.82) is 0 Å². The van der Waals surface area contributed by atoms with Crippen molar-refractivity contribution in [3.63, 3.8) is 0 Å². The number of aromatic amines is 1. The van der Waals surface area contributed by atoms with Crippen molar-refractivity contribution in [2.45, 2.75) is 32.1 Å². The van der Waals surface area contributed by atoms with E-state index in [-0.39, 0.29) is 40.7 Å². The Labute approximate surface area is 225 Å². The molecule has 3 aromatic rings. The lowest BCUT2D eigenvalue weighted by Crippen LogP contribution is -2.55. The van der Waals surface area contributed by atoms with E-state index in [0.29, 0.717) is 19.3 Å². The van der Waals surface area contributed by atoms with Crippen LogP contribution in [0.4, 0.5) is 33.3 Å². The topological polar surface area (TPSA) is 112 Å². The molecule has 2 aromatic carbocycles. The maximum Gasteiger partial charge on any atom is 0.417 e. The van der Waals surface area contributed by atoms with E-state index in [2.05, 4.69) is 15.2 Å². The van der Waals surface area contributed by atoms with Crippen LogP contribution in [-0.2, 0) is 6.18 Å². The standard InChI is InChI=1S/C27H26F5N5O3/c1-13-11-37(12-14(2)36(13)3)23-9-21(29)17(15-4-5-16(25(33)39)20(28)6-15)7-22(23)35-26(40)18-10-34-24(38)8-19(18)27(30,31)32/h4-10,13-14H,11-12H2,1-3H3,(H2,33,39)(H,34,38)(H,35,40)/t13-,14+. The Hall–Kier alpha value is -4.26. The first-order valence-electron chi connectivity index (χ1n) is 12.2. The van der Waals surface area contributed by atoms with E-state index in [1.807, 2.05) is 20.9 Å². The summed E-state index contributed by atoms with van der Waals surface area (Å²) in [6.45, 7) is 4.73. The summed E-state index contributed by atoms with van der Waals surface area (Å²) in [7, 11) is 1.93. The predicted octanol–water partition coefficient (Wildman–Crippen LogP) is 4.22. The van der Waals surface area contributed by atoms with E-state index < -0.39 is 51.9 Å². The van der Waals surface area contributed by atoms with Crippen molar-refractivity contribution >= 4 is 23.2 Å². The van der Waals surface area contributed by atoms with Gasteiger partial charge in [-0.2, -0.15) is 13.2 Å². The number of H-pyrrole nitrogens is 1. The first-order valence-corrected chi connectivity index (χ1v) is 12.2. The van der Waals surface area contributed by atoms with Gasteiger partial charge < -0.3 is 20.9 Å². The van der Waals surface area contributed by atoms with Crippen molar-refractivity contribution in [1.82, 2.24) is 9.88 Å². The van der Waals surface area contributed by atoms with Gasteiger partial charge in [0.1, 0.15) is 11.6 Å². The number of aromatic nitrogens is 1. The van der Waals surface area contributed by atoms with E-state index in [0.717, 1.165) is 18.2 Å². The zero-order valence-electron chi connectivity index (χ0n) is 21.7. The fraction of sp³-hybridized carbons (Fsp3) is 0.296. The number of alkyl halides is 3. The summed E-state index contributed by atoms with van der Waals surface area (Å²) in [5, 5.41) is 2.43. The first kappa shape index (κ1) is 28.7. The number of halogens is 5. The molecule has 0 bridgehead atoms. The second-order valence-corrected chi connectivity index (χ2v) is 9.75. The molecule has 0 unspecified atom stereocenters. The fourth-order valence-corrected chi connectivity index (χ4v) is 4.71. The number of carbonyl (C=O) groups excluding carboxylic acids is 2. The maximum atomic E-state index is 15.5. The third-order valence-electron chi connectivity index (χ3n) is 7.05. The lowest BCUT2D eigenvalue weighted by Gasteiger charge is -2.44. The number of likely N-dealkylation sites (N-methyl/N-ethyl adjacent to an activating group) is 1. The van der Waals surface area contributed by atoms with Crippen molar-refractivity contribution in [3.05, 3.63) is 81.3 Å². The third-order valence-corrected chi connectivity index (χ3v) is 7.05. The molecular weight excluding hydrogens is 537 g/mol. The average molecular weight is 564 g/mol. The molecule has 1 saturated heterocycles. The highest BCUT2D eigenvalue weighted by molar-refractivity contribution is 6.07. The second-order valence-electron chi connectivity index (χ2n) is 9.75. The van der Waals surface area contributed by atoms with Gasteiger partial charge in [-0.25, -0.2) is 8.78 Å². The molecule has 1 fully saturated rings. The number of piperazine rings is 1. The molecule has 1 aromatic heterocycles. The van der Waals surface area contributed by atoms with Crippen LogP contribution in [0.15, 0.2) is 47.4 Å². The van der Waals surface area contributed by atoms with Gasteiger partial charge in [0.15, 0.2) is 0 Å². The third kappa shape index (κ3) is 5.69. The molecule has 0 radical (unpaired) electrons. The number of rotatable bonds is 5. The van der Waals surface area contributed by atoms with Crippen molar-refractivity contribution in [3.8, 4) is 11.1 Å². The highest BCUT2D eigenvalue weighted by Gasteiger charge is 2.36. The number of anilines is 2. The van der Waals surface area contributed by atoms with Crippen LogP contribution in [0.1, 0.15) is 40.1 Å². The Kier molecular flexibility index (Phi) is 7.70. The van der Waals surface area contributed by atoms with Gasteiger partial charge in [-0.15, -0.1) is 0 Å². The summed E-state index contributed by atoms with van der Waals surface area (Å²) in [4.78, 5) is 42.1. The van der Waals surface area contributed by atoms with E-state index in [1.165, 1.54) is 12.1 Å². The molecule has 0 saturated carbocycles. The molecule has 1 aliphatic heterocycles. The molecule has 8 nitrogen and oxygen atoms in total. The summed E-state index contributed by atoms with van der Waals surface area (Å²) < 4.78 is 70.9. The molecule has 0 spiro atoms. The van der Waals surface area contributed by atoms with Gasteiger partial charge in [0.05, 0.1) is 28.1 Å². The monoisotopic (exact) mass is 563 g/mol. The number of primary amides is 1. The van der Waals surface area contributed by atoms with E-state index in [1.54, 1.807) is 4.90 Å². The minimum absolute atomic E-state index is 0.00202. The van der Waals surface area contributed by atoms with Crippen molar-refractivity contribution in [2.24, 2.45) is 5.73 Å². The number of benzene rings is 2. The van der Waals surface area contributed by atoms with Gasteiger partial charge >= 0.3 is 6.18 Å². The SMILES string of the molecule is C[C@@H]1CN(c2cc(F)c(-c3ccc(C(N)=O)c(F)c3)cc2NC(=O)c2c[nH]c(=O)cc2C(F)(F)F)C[C@H](C)N1C. The summed E-state index contributed by atoms with van der Waals surface area (Å²) in [6.07, 6.45) is -4.34. The predicted molar refractivity (Wildman–Crippen MR) is 139 cm³/mol. The van der Waals surface area contributed by atoms with Crippen LogP contribution in [0.25, 0.3) is 11.1 Å². The molecule has 1 aliphatic rings. The number of nitrogens with two attached hydrogens (primary N) is 1. The Bertz CT molecular complexity index is 1530. The molecule has 212 valence electrons. The minimum Gasteiger partial charge on any atom is -0.367 e. The molecule has 0 aliphatic carbocycles. The highest BCUT2D eigenvalue weighted by atomic mass is 19.4. The molecule has 4 rings (SSSR count). The van der Waals surface area contributed by atoms with E-state index in [9.17, 15) is 31.9 Å². The number of nitrogens with zero attached hydrogens (tertiary/aromatic N) is 2. The number of amides is 2. The van der Waals surface area contributed by atoms with Crippen LogP contribution in [0.2, 0.25) is 0 Å². The van der Waals surface area contributed by atoms with Gasteiger partial charge in [0.25, 0.3) is 11.8 Å². The first-order chi connectivity index (χ1) is 18.7. The average Bonchev–Trinajstić information content (AvgIpc) is 2.86. The van der Waals surface area contributed by atoms with Crippen molar-refractivity contribution in [2.75, 3.05) is 30.4 Å². The van der Waals surface area contributed by atoms with Crippen LogP contribution >= 0.6 is 0 Å². The van der Waals surface area contributed by atoms with E-state index in [4.69, 9.17) is 5.73 Å². The minimum atomic E-state index is -5.00. The summed E-state index contributed by atoms with van der Waals surface area (Å²) in [6, 6.07) is 5.85. The molecule has 13 heteroatoms. The maximum absolute atomic E-state index is 15.5. The van der Waals surface area contributed by atoms with Gasteiger partial charge in [-0.1, -0.05) is 6.07 Å². The Balaban J connectivity index is 1.84. The largest absolute Gasteiger partial charge is 0.417 e. The summed E-state index contributed by atoms with van der Waals surface area (Å²) >= 11 is 0. The summed E-state index contributed by atoms with van der Waals surface area (Å²) in [5.74, 6) is -4.01. The number of pyridine rings is 1. The lowest BCUT2D eigenvalue weighted by molar-refractivity contribution is -0.138. The lowest BCUT2D eigenvalue weighted by atomic mass is 9.99. The number of hydrogen-bond acceptors (Lipinski definition) is 5. The Morgan fingerprint density at radius 1 is 1.00 bits per heavy atom. The Morgan fingerprint density at radius 3 is 2.23 bits per heavy atom. The van der Waals surface area contributed by atoms with Crippen molar-refractivity contribution < 1.29 is 31.5 Å². The number of hydrogen-bond donors (Lipinski definition) is 3. The fourth-order valence-electron chi connectivity index (χ4n) is 4.71. The molecule has 2 heterocycles. The normalized spacial score (nSPS) is 18.1. The smallest absolute Gasteiger partial charge is 0.367 e. The summed E-state index contributed by atoms with van der Waals surface area (Å²) in [5.41, 5.74) is 1.39. The molecule has 2 amide bonds. The van der Waals surface area contributed by atoms with Gasteiger partial charge in [0, 0.05) is 43.0 Å². The molecule has 40 heavy (non-hydrogen) atoms. The van der Waals surface area contributed by atoms with Gasteiger partial charge in [-0.3, -0.25) is 19.3 Å². The highest BCUT2D eigenvalue weighted by Crippen LogP contribution is 2.37. The van der Waals surface area contributed by atoms with Crippen LogP contribution in [0.5, 0.6) is 0 Å². The number of carbonyl (C=O) groups is 2. The van der Waals surface area contributed by atoms with Crippen LogP contribution in [0.3, 0.4) is 0 Å². The Morgan fingerprint density at radius 2 is 1.65 bits per heavy atom. The quantitative estimate of drug-likeness (QED) is 0.403. The molecule has 4 N–H and O–H groups in total. The zero-order valence-corrected chi connectivity index (χ0v) is 21.7. The van der Waals surface area contributed by atoms with Crippen LogP contribution in [0, 0.1) is 11.6 Å². The van der Waals surface area contributed by atoms with Crippen LogP contribution in [-0.4, -0.2) is 53.9 Å². The molecule has 2 atom stereocenters. The van der Waals surface area contributed by atoms with Gasteiger partial charge in [-0.05, 0) is 50.7 Å². The van der Waals surface area contributed by atoms with Crippen LogP contribution < -0.4 is 21.5 Å². The number of nitrogens with one attached hydrogen (secondary N) is 2. The van der Waals surface area contributed by atoms with E-state index >= 15 is 4.39 Å².